The molecule has 186 valence electrons. The number of alkyl halides is 3. The van der Waals surface area contributed by atoms with E-state index in [4.69, 9.17) is 11.6 Å². The molecule has 0 radical (unpaired) electrons. The summed E-state index contributed by atoms with van der Waals surface area (Å²) in [4.78, 5) is 8.94. The molecule has 1 aromatic heterocycles. The van der Waals surface area contributed by atoms with Crippen LogP contribution in [0.1, 0.15) is 17.2 Å². The van der Waals surface area contributed by atoms with Gasteiger partial charge in [0.2, 0.25) is 0 Å². The van der Waals surface area contributed by atoms with Gasteiger partial charge in [0.25, 0.3) is 0 Å². The first-order chi connectivity index (χ1) is 17.3. The van der Waals surface area contributed by atoms with Crippen LogP contribution in [0.5, 0.6) is 11.5 Å². The number of para-hydroxylation sites is 1. The van der Waals surface area contributed by atoms with Crippen molar-refractivity contribution in [2.24, 2.45) is 0 Å². The average Bonchev–Trinajstić information content (AvgIpc) is 2.85. The first-order valence-electron chi connectivity index (χ1n) is 11.5. The average molecular weight is 514 g/mol. The highest BCUT2D eigenvalue weighted by Gasteiger charge is 2.32. The number of nitrogens with zero attached hydrogens (tertiary/aromatic N) is 3. The van der Waals surface area contributed by atoms with E-state index in [1.807, 2.05) is 36.4 Å². The molecule has 0 amide bonds. The highest BCUT2D eigenvalue weighted by molar-refractivity contribution is 6.31. The van der Waals surface area contributed by atoms with Crippen molar-refractivity contribution in [2.75, 3.05) is 31.1 Å². The van der Waals surface area contributed by atoms with Crippen molar-refractivity contribution in [1.82, 2.24) is 9.88 Å². The lowest BCUT2D eigenvalue weighted by Crippen LogP contribution is -2.48. The third-order valence-corrected chi connectivity index (χ3v) is 6.60. The van der Waals surface area contributed by atoms with Crippen molar-refractivity contribution in [2.45, 2.75) is 12.4 Å². The number of piperazine rings is 1. The van der Waals surface area contributed by atoms with Crippen molar-refractivity contribution < 1.29 is 23.0 Å². The first kappa shape index (κ1) is 24.2. The van der Waals surface area contributed by atoms with Crippen molar-refractivity contribution in [1.29, 1.82) is 0 Å². The Morgan fingerprint density at radius 2 is 1.64 bits per heavy atom. The summed E-state index contributed by atoms with van der Waals surface area (Å²) in [6, 6.07) is 20.2. The number of fused-ring (bicyclic) bond motifs is 1. The Labute approximate surface area is 211 Å². The van der Waals surface area contributed by atoms with Crippen LogP contribution >= 0.6 is 11.6 Å². The summed E-state index contributed by atoms with van der Waals surface area (Å²) in [5, 5.41) is 12.3. The number of aromatic nitrogens is 1. The number of ether oxygens (including phenoxy) is 1. The van der Waals surface area contributed by atoms with Gasteiger partial charge in [-0.25, -0.2) is 0 Å². The molecule has 1 atom stereocenters. The Morgan fingerprint density at radius 3 is 2.33 bits per heavy atom. The SMILES string of the molecule is Oc1ccccc1C(c1ccc(OC(F)(F)F)cc1)N1CCN(c2ccnc3cc(Cl)ccc23)CC1. The van der Waals surface area contributed by atoms with E-state index in [1.165, 1.54) is 12.1 Å². The van der Waals surface area contributed by atoms with Crippen LogP contribution in [0.25, 0.3) is 10.9 Å². The molecule has 1 aliphatic rings. The van der Waals surface area contributed by atoms with Gasteiger partial charge < -0.3 is 14.7 Å². The fourth-order valence-corrected chi connectivity index (χ4v) is 4.93. The molecule has 1 aliphatic heterocycles. The summed E-state index contributed by atoms with van der Waals surface area (Å²) in [7, 11) is 0. The van der Waals surface area contributed by atoms with Gasteiger partial charge in [-0.15, -0.1) is 13.2 Å². The topological polar surface area (TPSA) is 48.8 Å². The summed E-state index contributed by atoms with van der Waals surface area (Å²) in [5.74, 6) is -0.144. The van der Waals surface area contributed by atoms with Gasteiger partial charge in [-0.2, -0.15) is 0 Å². The Hall–Kier alpha value is -3.49. The highest BCUT2D eigenvalue weighted by Crippen LogP contribution is 2.37. The van der Waals surface area contributed by atoms with E-state index >= 15 is 0 Å². The number of aromatic hydroxyl groups is 1. The van der Waals surface area contributed by atoms with Gasteiger partial charge in [-0.05, 0) is 48.0 Å². The van der Waals surface area contributed by atoms with Crippen LogP contribution in [0.4, 0.5) is 18.9 Å². The number of phenols is 1. The molecule has 0 spiro atoms. The number of halogens is 4. The van der Waals surface area contributed by atoms with Crippen LogP contribution in [0.2, 0.25) is 5.02 Å². The minimum atomic E-state index is -4.75. The van der Waals surface area contributed by atoms with Crippen LogP contribution < -0.4 is 9.64 Å². The normalized spacial score (nSPS) is 15.7. The van der Waals surface area contributed by atoms with Gasteiger partial charge in [-0.3, -0.25) is 9.88 Å². The van der Waals surface area contributed by atoms with Gasteiger partial charge in [0.05, 0.1) is 11.6 Å². The molecule has 1 fully saturated rings. The zero-order valence-corrected chi connectivity index (χ0v) is 19.9. The number of phenolic OH excluding ortho intramolecular Hbond substituents is 1. The van der Waals surface area contributed by atoms with Crippen molar-refractivity contribution in [3.05, 3.63) is 95.1 Å². The molecule has 1 N–H and O–H groups in total. The van der Waals surface area contributed by atoms with E-state index in [1.54, 1.807) is 30.5 Å². The smallest absolute Gasteiger partial charge is 0.508 e. The van der Waals surface area contributed by atoms with Crippen LogP contribution in [-0.4, -0.2) is 47.5 Å². The van der Waals surface area contributed by atoms with Crippen LogP contribution in [0.15, 0.2) is 79.0 Å². The van der Waals surface area contributed by atoms with Crippen molar-refractivity contribution >= 4 is 28.2 Å². The maximum Gasteiger partial charge on any atom is 0.573 e. The maximum absolute atomic E-state index is 12.6. The molecule has 0 saturated carbocycles. The summed E-state index contributed by atoms with van der Waals surface area (Å²) >= 11 is 6.14. The van der Waals surface area contributed by atoms with Crippen LogP contribution in [0, 0.1) is 0 Å². The molecule has 5 nitrogen and oxygen atoms in total. The largest absolute Gasteiger partial charge is 0.573 e. The maximum atomic E-state index is 12.6. The van der Waals surface area contributed by atoms with Crippen molar-refractivity contribution in [3.63, 3.8) is 0 Å². The minimum Gasteiger partial charge on any atom is -0.508 e. The second-order valence-electron chi connectivity index (χ2n) is 8.59. The number of hydrogen-bond donors (Lipinski definition) is 1. The number of pyridine rings is 1. The van der Waals surface area contributed by atoms with E-state index in [-0.39, 0.29) is 17.5 Å². The number of benzene rings is 3. The third kappa shape index (κ3) is 5.20. The zero-order valence-electron chi connectivity index (χ0n) is 19.1. The van der Waals surface area contributed by atoms with E-state index in [0.717, 1.165) is 35.2 Å². The van der Waals surface area contributed by atoms with Crippen molar-refractivity contribution in [3.8, 4) is 11.5 Å². The summed E-state index contributed by atoms with van der Waals surface area (Å²) in [5.41, 5.74) is 3.36. The molecular formula is C27H23ClF3N3O2. The second kappa shape index (κ2) is 9.87. The fourth-order valence-electron chi connectivity index (χ4n) is 4.76. The molecule has 5 rings (SSSR count). The third-order valence-electron chi connectivity index (χ3n) is 6.36. The molecule has 1 unspecified atom stereocenters. The van der Waals surface area contributed by atoms with E-state index in [2.05, 4.69) is 19.5 Å². The zero-order chi connectivity index (χ0) is 25.3. The minimum absolute atomic E-state index is 0.137. The molecule has 36 heavy (non-hydrogen) atoms. The lowest BCUT2D eigenvalue weighted by Gasteiger charge is -2.41. The van der Waals surface area contributed by atoms with Crippen LogP contribution in [0.3, 0.4) is 0 Å². The number of rotatable bonds is 5. The lowest BCUT2D eigenvalue weighted by molar-refractivity contribution is -0.274. The molecule has 9 heteroatoms. The van der Waals surface area contributed by atoms with Gasteiger partial charge in [-0.1, -0.05) is 41.9 Å². The molecule has 0 aliphatic carbocycles. The highest BCUT2D eigenvalue weighted by atomic mass is 35.5. The molecule has 4 aromatic rings. The Bertz CT molecular complexity index is 1360. The van der Waals surface area contributed by atoms with Crippen LogP contribution in [-0.2, 0) is 0 Å². The monoisotopic (exact) mass is 513 g/mol. The molecular weight excluding hydrogens is 491 g/mol. The van der Waals surface area contributed by atoms with Gasteiger partial charge >= 0.3 is 6.36 Å². The molecule has 2 heterocycles. The van der Waals surface area contributed by atoms with Gasteiger partial charge in [0, 0.05) is 54.0 Å². The Morgan fingerprint density at radius 1 is 0.917 bits per heavy atom. The first-order valence-corrected chi connectivity index (χ1v) is 11.8. The standard InChI is InChI=1S/C27H23ClF3N3O2/c28-19-7-10-21-23(17-19)32-12-11-24(21)33-13-15-34(16-14-33)26(22-3-1-2-4-25(22)35)18-5-8-20(9-6-18)36-27(29,30)31/h1-12,17,26,35H,13-16H2. The number of hydrogen-bond acceptors (Lipinski definition) is 5. The molecule has 0 bridgehead atoms. The quantitative estimate of drug-likeness (QED) is 0.334. The Balaban J connectivity index is 1.41. The summed E-state index contributed by atoms with van der Waals surface area (Å²) in [6.07, 6.45) is -2.98. The van der Waals surface area contributed by atoms with E-state index in [0.29, 0.717) is 23.7 Å². The summed E-state index contributed by atoms with van der Waals surface area (Å²) in [6.45, 7) is 2.80. The lowest BCUT2D eigenvalue weighted by atomic mass is 9.95. The second-order valence-corrected chi connectivity index (χ2v) is 9.03. The predicted molar refractivity (Wildman–Crippen MR) is 134 cm³/mol. The summed E-state index contributed by atoms with van der Waals surface area (Å²) < 4.78 is 41.9. The fraction of sp³-hybridized carbons (Fsp3) is 0.222. The van der Waals surface area contributed by atoms with E-state index < -0.39 is 6.36 Å². The number of anilines is 1. The van der Waals surface area contributed by atoms with E-state index in [9.17, 15) is 18.3 Å². The molecule has 1 saturated heterocycles. The Kier molecular flexibility index (Phi) is 6.64. The van der Waals surface area contributed by atoms with Gasteiger partial charge in [0.1, 0.15) is 11.5 Å². The van der Waals surface area contributed by atoms with Gasteiger partial charge in [0.15, 0.2) is 0 Å². The predicted octanol–water partition coefficient (Wildman–Crippen LogP) is 6.40. The molecule has 3 aromatic carbocycles.